The van der Waals surface area contributed by atoms with E-state index in [9.17, 15) is 4.79 Å². The fourth-order valence-electron chi connectivity index (χ4n) is 3.33. The number of nitrogens with one attached hydrogen (secondary N) is 2. The third-order valence-electron chi connectivity index (χ3n) is 4.51. The quantitative estimate of drug-likeness (QED) is 0.722. The lowest BCUT2D eigenvalue weighted by atomic mass is 9.95. The van der Waals surface area contributed by atoms with Crippen LogP contribution in [0.4, 0.5) is 11.5 Å². The lowest BCUT2D eigenvalue weighted by molar-refractivity contribution is 0.0966. The van der Waals surface area contributed by atoms with E-state index in [2.05, 4.69) is 27.3 Å². The summed E-state index contributed by atoms with van der Waals surface area (Å²) in [6.07, 6.45) is 9.13. The lowest BCUT2D eigenvalue weighted by Gasteiger charge is -2.13. The smallest absolute Gasteiger partial charge is 0.254 e. The maximum absolute atomic E-state index is 12.5. The van der Waals surface area contributed by atoms with Crippen molar-refractivity contribution in [2.24, 2.45) is 0 Å². The largest absolute Gasteiger partial charge is 0.348 e. The Balaban J connectivity index is 1.85. The number of anilines is 2. The predicted octanol–water partition coefficient (Wildman–Crippen LogP) is 4.07. The zero-order valence-electron chi connectivity index (χ0n) is 14.9. The number of benzene rings is 1. The van der Waals surface area contributed by atoms with Crippen LogP contribution in [-0.2, 0) is 6.54 Å². The van der Waals surface area contributed by atoms with Crippen molar-refractivity contribution in [2.75, 3.05) is 5.32 Å². The van der Waals surface area contributed by atoms with E-state index >= 15 is 0 Å². The molecular formula is C21H19N5O. The van der Waals surface area contributed by atoms with E-state index in [1.54, 1.807) is 23.3 Å². The number of fused-ring (bicyclic) bond motifs is 1. The van der Waals surface area contributed by atoms with Crippen LogP contribution in [0.25, 0.3) is 23.4 Å². The van der Waals surface area contributed by atoms with Crippen LogP contribution < -0.4 is 10.6 Å². The van der Waals surface area contributed by atoms with Crippen molar-refractivity contribution in [1.29, 1.82) is 0 Å². The SMILES string of the molecule is C=Cn1ncc(-c2ccc(Nc3ccccn3)c3c2CNC3=O)c1/C=C\C. The minimum Gasteiger partial charge on any atom is -0.348 e. The van der Waals surface area contributed by atoms with Gasteiger partial charge in [0.25, 0.3) is 5.91 Å². The topological polar surface area (TPSA) is 71.8 Å². The van der Waals surface area contributed by atoms with E-state index in [1.807, 2.05) is 49.4 Å². The van der Waals surface area contributed by atoms with Gasteiger partial charge < -0.3 is 10.6 Å². The number of hydrogen-bond acceptors (Lipinski definition) is 4. The number of carbonyl (C=O) groups excluding carboxylic acids is 1. The van der Waals surface area contributed by atoms with E-state index in [-0.39, 0.29) is 5.91 Å². The number of amides is 1. The second-order valence-electron chi connectivity index (χ2n) is 6.11. The molecule has 1 aromatic carbocycles. The molecule has 0 fully saturated rings. The molecule has 4 rings (SSSR count). The Morgan fingerprint density at radius 1 is 1.26 bits per heavy atom. The van der Waals surface area contributed by atoms with Gasteiger partial charge in [-0.2, -0.15) is 5.10 Å². The fraction of sp³-hybridized carbons (Fsp3) is 0.0952. The minimum atomic E-state index is -0.0889. The first-order valence-corrected chi connectivity index (χ1v) is 8.68. The highest BCUT2D eigenvalue weighted by Crippen LogP contribution is 2.36. The lowest BCUT2D eigenvalue weighted by Crippen LogP contribution is -2.13. The number of nitrogens with zero attached hydrogens (tertiary/aromatic N) is 3. The molecule has 0 bridgehead atoms. The van der Waals surface area contributed by atoms with E-state index in [0.29, 0.717) is 17.9 Å². The van der Waals surface area contributed by atoms with Crippen LogP contribution in [0.2, 0.25) is 0 Å². The van der Waals surface area contributed by atoms with E-state index in [1.165, 1.54) is 0 Å². The number of pyridine rings is 1. The van der Waals surface area contributed by atoms with Crippen molar-refractivity contribution >= 4 is 29.7 Å². The highest BCUT2D eigenvalue weighted by Gasteiger charge is 2.27. The average molecular weight is 357 g/mol. The molecule has 2 N–H and O–H groups in total. The van der Waals surface area contributed by atoms with Gasteiger partial charge in [0.1, 0.15) is 5.82 Å². The first-order chi connectivity index (χ1) is 13.2. The first-order valence-electron chi connectivity index (χ1n) is 8.68. The highest BCUT2D eigenvalue weighted by atomic mass is 16.1. The predicted molar refractivity (Wildman–Crippen MR) is 107 cm³/mol. The summed E-state index contributed by atoms with van der Waals surface area (Å²) in [5.74, 6) is 0.607. The second kappa shape index (κ2) is 6.92. The van der Waals surface area contributed by atoms with Gasteiger partial charge >= 0.3 is 0 Å². The Hall–Kier alpha value is -3.67. The summed E-state index contributed by atoms with van der Waals surface area (Å²) >= 11 is 0. The Labute approximate surface area is 157 Å². The van der Waals surface area contributed by atoms with Crippen molar-refractivity contribution < 1.29 is 4.79 Å². The maximum atomic E-state index is 12.5. The van der Waals surface area contributed by atoms with Crippen LogP contribution in [0.5, 0.6) is 0 Å². The second-order valence-corrected chi connectivity index (χ2v) is 6.11. The third-order valence-corrected chi connectivity index (χ3v) is 4.51. The van der Waals surface area contributed by atoms with Gasteiger partial charge in [0.05, 0.1) is 23.1 Å². The van der Waals surface area contributed by atoms with E-state index in [0.717, 1.165) is 28.1 Å². The van der Waals surface area contributed by atoms with Crippen LogP contribution in [0, 0.1) is 0 Å². The van der Waals surface area contributed by atoms with Gasteiger partial charge in [-0.1, -0.05) is 24.8 Å². The highest BCUT2D eigenvalue weighted by molar-refractivity contribution is 6.06. The zero-order valence-corrected chi connectivity index (χ0v) is 14.9. The molecule has 0 atom stereocenters. The number of hydrogen-bond donors (Lipinski definition) is 2. The molecule has 6 heteroatoms. The van der Waals surface area contributed by atoms with Crippen molar-refractivity contribution in [2.45, 2.75) is 13.5 Å². The van der Waals surface area contributed by atoms with Crippen LogP contribution >= 0.6 is 0 Å². The Kier molecular flexibility index (Phi) is 4.30. The third kappa shape index (κ3) is 2.91. The molecule has 0 spiro atoms. The first kappa shape index (κ1) is 16.8. The number of rotatable bonds is 5. The molecule has 1 amide bonds. The molecule has 0 saturated carbocycles. The van der Waals surface area contributed by atoms with Crippen LogP contribution in [0.3, 0.4) is 0 Å². The van der Waals surface area contributed by atoms with Crippen LogP contribution in [-0.4, -0.2) is 20.7 Å². The molecule has 6 nitrogen and oxygen atoms in total. The van der Waals surface area contributed by atoms with Gasteiger partial charge in [0, 0.05) is 24.5 Å². The van der Waals surface area contributed by atoms with E-state index in [4.69, 9.17) is 0 Å². The molecule has 0 unspecified atom stereocenters. The maximum Gasteiger partial charge on any atom is 0.254 e. The molecule has 27 heavy (non-hydrogen) atoms. The van der Waals surface area contributed by atoms with Crippen molar-refractivity contribution in [3.63, 3.8) is 0 Å². The molecule has 2 aromatic heterocycles. The summed E-state index contributed by atoms with van der Waals surface area (Å²) in [5.41, 5.74) is 5.22. The standard InChI is InChI=1S/C21H19N5O/c1-3-7-18-15(13-24-26(18)4-2)14-9-10-17(20-16(14)12-23-21(20)27)25-19-8-5-6-11-22-19/h3-11,13H,2,12H2,1H3,(H,22,25)(H,23,27)/b7-3-. The molecule has 0 radical (unpaired) electrons. The summed E-state index contributed by atoms with van der Waals surface area (Å²) in [4.78, 5) is 16.8. The normalized spacial score (nSPS) is 12.9. The Morgan fingerprint density at radius 2 is 2.15 bits per heavy atom. The van der Waals surface area contributed by atoms with Crippen molar-refractivity contribution in [3.05, 3.63) is 72.2 Å². The van der Waals surface area contributed by atoms with Crippen molar-refractivity contribution in [3.8, 4) is 11.1 Å². The van der Waals surface area contributed by atoms with Gasteiger partial charge in [-0.25, -0.2) is 9.67 Å². The number of aromatic nitrogens is 3. The molecule has 0 saturated heterocycles. The average Bonchev–Trinajstić information content (AvgIpc) is 3.27. The Bertz CT molecular complexity index is 1050. The Morgan fingerprint density at radius 3 is 2.89 bits per heavy atom. The molecule has 0 aliphatic carbocycles. The molecule has 3 aromatic rings. The van der Waals surface area contributed by atoms with Gasteiger partial charge in [-0.15, -0.1) is 0 Å². The fourth-order valence-corrected chi connectivity index (χ4v) is 3.33. The van der Waals surface area contributed by atoms with Gasteiger partial charge in [-0.05, 0) is 42.3 Å². The molecule has 134 valence electrons. The van der Waals surface area contributed by atoms with E-state index < -0.39 is 0 Å². The van der Waals surface area contributed by atoms with Gasteiger partial charge in [0.2, 0.25) is 0 Å². The molecular weight excluding hydrogens is 338 g/mol. The van der Waals surface area contributed by atoms with Gasteiger partial charge in [0.15, 0.2) is 0 Å². The zero-order chi connectivity index (χ0) is 18.8. The molecule has 1 aliphatic rings. The van der Waals surface area contributed by atoms with Gasteiger partial charge in [-0.3, -0.25) is 4.79 Å². The summed E-state index contributed by atoms with van der Waals surface area (Å²) in [6.45, 7) is 6.25. The minimum absolute atomic E-state index is 0.0889. The van der Waals surface area contributed by atoms with Crippen molar-refractivity contribution in [1.82, 2.24) is 20.1 Å². The number of allylic oxidation sites excluding steroid dienone is 1. The van der Waals surface area contributed by atoms with Crippen LogP contribution in [0.15, 0.2) is 55.4 Å². The monoisotopic (exact) mass is 357 g/mol. The summed E-state index contributed by atoms with van der Waals surface area (Å²) < 4.78 is 1.73. The van der Waals surface area contributed by atoms with Crippen LogP contribution in [0.1, 0.15) is 28.5 Å². The molecule has 3 heterocycles. The molecule has 1 aliphatic heterocycles. The number of carbonyl (C=O) groups is 1. The summed E-state index contributed by atoms with van der Waals surface area (Å²) in [5, 5.41) is 10.6. The summed E-state index contributed by atoms with van der Waals surface area (Å²) in [7, 11) is 0. The summed E-state index contributed by atoms with van der Waals surface area (Å²) in [6, 6.07) is 9.55.